The summed E-state index contributed by atoms with van der Waals surface area (Å²) in [6, 6.07) is 28.7. The molecule has 0 fully saturated rings. The second-order valence-corrected chi connectivity index (χ2v) is 22.3. The summed E-state index contributed by atoms with van der Waals surface area (Å²) in [5, 5.41) is 38.9. The van der Waals surface area contributed by atoms with Crippen LogP contribution in [-0.4, -0.2) is 91.9 Å². The predicted molar refractivity (Wildman–Crippen MR) is 237 cm³/mol. The van der Waals surface area contributed by atoms with Gasteiger partial charge in [0.05, 0.1) is 34.2 Å². The van der Waals surface area contributed by atoms with Crippen molar-refractivity contribution in [2.24, 2.45) is 0 Å². The Bertz CT molecular complexity index is 2590. The second kappa shape index (κ2) is 34.0. The fraction of sp³-hybridized carbons (Fsp3) is 0.195. The third kappa shape index (κ3) is 29.1. The van der Waals surface area contributed by atoms with Crippen LogP contribution in [0.25, 0.3) is 68.3 Å². The van der Waals surface area contributed by atoms with Crippen LogP contribution in [0.15, 0.2) is 128 Å². The minimum atomic E-state index is -4.94. The second-order valence-electron chi connectivity index (χ2n) is 16.1. The number of rotatable bonds is 6. The van der Waals surface area contributed by atoms with Crippen LogP contribution in [0.1, 0.15) is 41.5 Å². The van der Waals surface area contributed by atoms with E-state index in [1.54, 1.807) is 37.2 Å². The fourth-order valence-corrected chi connectivity index (χ4v) is 4.58. The topological polar surface area (TPSA) is 553 Å². The van der Waals surface area contributed by atoms with Gasteiger partial charge in [0.1, 0.15) is 34.2 Å². The smallest absolute Gasteiger partial charge is 0.810 e. The van der Waals surface area contributed by atoms with Crippen LogP contribution in [0.3, 0.4) is 0 Å². The minimum Gasteiger partial charge on any atom is -0.810 e. The molecule has 3 radical (unpaired) electrons. The van der Waals surface area contributed by atoms with Gasteiger partial charge in [0.15, 0.2) is 0 Å². The molecule has 0 aromatic carbocycles. The van der Waals surface area contributed by atoms with Gasteiger partial charge in [-0.3, -0.25) is 30.6 Å². The summed E-state index contributed by atoms with van der Waals surface area (Å²) in [5.41, 5.74) is 10.00. The third-order valence-corrected chi connectivity index (χ3v) is 11.8. The first-order valence-electron chi connectivity index (χ1n) is 20.5. The Morgan fingerprint density at radius 2 is 0.462 bits per heavy atom. The average molecular weight is 1290 g/mol. The van der Waals surface area contributed by atoms with Crippen molar-refractivity contribution in [2.75, 3.05) is 0 Å². The number of hydrogen-bond donors (Lipinski definition) is 6. The van der Waals surface area contributed by atoms with Crippen LogP contribution in [0.5, 0.6) is 0 Å². The zero-order chi connectivity index (χ0) is 55.4. The summed E-state index contributed by atoms with van der Waals surface area (Å²) in [4.78, 5) is 54.0. The molecule has 78 heavy (non-hydrogen) atoms. The maximum absolute atomic E-state index is 10.1. The molecular formula is C41H47Cl2Mn3N15O15P2. The van der Waals surface area contributed by atoms with Crippen molar-refractivity contribution in [1.29, 1.82) is 0 Å². The number of nitrogens with one attached hydrogen (secondary N) is 6. The van der Waals surface area contributed by atoms with Gasteiger partial charge in [0, 0.05) is 37.2 Å². The van der Waals surface area contributed by atoms with Crippen molar-refractivity contribution in [3.05, 3.63) is 128 Å². The zero-order valence-corrected chi connectivity index (χ0v) is 48.0. The molecule has 37 heteroatoms. The molecule has 30 nitrogen and oxygen atoms in total. The van der Waals surface area contributed by atoms with Gasteiger partial charge >= 0.3 is 51.2 Å². The van der Waals surface area contributed by atoms with E-state index in [9.17, 15) is 28.7 Å². The zero-order valence-electron chi connectivity index (χ0n) is 41.1. The summed E-state index contributed by atoms with van der Waals surface area (Å²) in [5.74, 6) is 0. The summed E-state index contributed by atoms with van der Waals surface area (Å²) in [7, 11) is -18.6. The Morgan fingerprint density at radius 3 is 0.551 bits per heavy atom. The van der Waals surface area contributed by atoms with Crippen LogP contribution in [0.2, 0.25) is 0 Å². The maximum Gasteiger partial charge on any atom is 2.00 e. The van der Waals surface area contributed by atoms with E-state index in [-0.39, 0.29) is 56.7 Å². The van der Waals surface area contributed by atoms with Crippen molar-refractivity contribution in [2.45, 2.75) is 51.9 Å². The van der Waals surface area contributed by atoms with Gasteiger partial charge in [-0.15, -0.1) is 20.5 Å². The number of aromatic amines is 6. The quantitative estimate of drug-likeness (QED) is 0.0669. The molecule has 0 saturated heterocycles. The van der Waals surface area contributed by atoms with Gasteiger partial charge in [-0.25, -0.2) is 52.2 Å². The first kappa shape index (κ1) is 74.9. The van der Waals surface area contributed by atoms with Gasteiger partial charge in [-0.1, -0.05) is 74.9 Å². The van der Waals surface area contributed by atoms with Crippen molar-refractivity contribution in [1.82, 2.24) is 76.1 Å². The van der Waals surface area contributed by atoms with Crippen LogP contribution in [-0.2, 0) is 60.3 Å². The first-order valence-corrected chi connectivity index (χ1v) is 26.1. The van der Waals surface area contributed by atoms with Crippen molar-refractivity contribution in [3.8, 4) is 68.3 Å². The Labute approximate surface area is 480 Å². The molecule has 0 unspecified atom stereocenters. The predicted octanol–water partition coefficient (Wildman–Crippen LogP) is -5.36. The Balaban J connectivity index is 0. The Kier molecular flexibility index (Phi) is 32.7. The van der Waals surface area contributed by atoms with E-state index in [1.165, 1.54) is 41.5 Å². The number of nitrogens with zero attached hydrogens (tertiary/aromatic N) is 9. The first-order chi connectivity index (χ1) is 34.3. The molecule has 0 bridgehead atoms. The number of aromatic nitrogens is 15. The molecule has 0 spiro atoms. The molecule has 0 atom stereocenters. The van der Waals surface area contributed by atoms with Crippen LogP contribution >= 0.6 is 15.2 Å². The summed E-state index contributed by atoms with van der Waals surface area (Å²) >= 11 is 0. The largest absolute Gasteiger partial charge is 2.00 e. The molecule has 9 aromatic rings. The standard InChI is InChI=1S/3C11H9N5.2C4H11O3P.2ClHO4.3Mn.H2O/c3*1-2-8(10-4-6-12-15-10)14-9(3-1)11-5-7-13-16-11;2*1-4(2,3)8(5,6)7;2*2-1(3,4)5;;;;/h3*1-7H,(H,12,15)(H,13,16);2*1-3H3,(H2,5,6,7);2*(H,2,3,4,5);;;;1H2/q;;;;;;;3*+2;/p-6. The molecular weight excluding hydrogens is 1240 g/mol. The molecule has 421 valence electrons. The van der Waals surface area contributed by atoms with Gasteiger partial charge < -0.3 is 34.2 Å². The van der Waals surface area contributed by atoms with Crippen molar-refractivity contribution in [3.63, 3.8) is 0 Å². The molecule has 0 aliphatic rings. The van der Waals surface area contributed by atoms with E-state index in [1.807, 2.05) is 91.0 Å². The van der Waals surface area contributed by atoms with Crippen molar-refractivity contribution < 1.29 is 143 Å². The van der Waals surface area contributed by atoms with Crippen molar-refractivity contribution >= 4 is 15.2 Å². The normalized spacial score (nSPS) is 10.9. The van der Waals surface area contributed by atoms with Crippen LogP contribution in [0, 0.1) is 20.5 Å². The van der Waals surface area contributed by atoms with Gasteiger partial charge in [-0.2, -0.15) is 30.6 Å². The maximum atomic E-state index is 10.1. The molecule has 0 amide bonds. The summed E-state index contributed by atoms with van der Waals surface area (Å²) in [6.07, 6.45) is 10.7. The summed E-state index contributed by atoms with van der Waals surface area (Å²) < 4.78 is 88.2. The third-order valence-electron chi connectivity index (χ3n) is 8.47. The minimum absolute atomic E-state index is 0. The van der Waals surface area contributed by atoms with E-state index in [0.29, 0.717) is 0 Å². The van der Waals surface area contributed by atoms with Crippen LogP contribution in [0.4, 0.5) is 0 Å². The monoisotopic (exact) mass is 1290 g/mol. The van der Waals surface area contributed by atoms with Gasteiger partial charge in [-0.05, 0) is 83.1 Å². The SMILES string of the molecule is CC(C)(C)P(=O)([O-])[O-].CC(C)(C)P(=O)([O-])[O-].O.[Mn+2].[Mn+2].[Mn+2].[O-][Cl+3]([O-])([O-])[O-].[O-][Cl+3]([O-])([O-])[O-].c1cc(-c2cc[nH]n2)nc(-c2cc[nH]n2)c1.c1cc(-c2cc[nH]n2)nc(-c2cc[nH]n2)c1.c1cc(-c2cc[nH]n2)nc(-c2cc[nH]n2)c1. The molecule has 9 aromatic heterocycles. The number of hydrogen-bond acceptors (Lipinski definition) is 23. The molecule has 9 rings (SSSR count). The fourth-order valence-electron chi connectivity index (χ4n) is 4.58. The molecule has 0 saturated carbocycles. The van der Waals surface area contributed by atoms with E-state index < -0.39 is 46.0 Å². The van der Waals surface area contributed by atoms with Gasteiger partial charge in [0.25, 0.3) is 0 Å². The van der Waals surface area contributed by atoms with E-state index in [4.69, 9.17) is 37.3 Å². The number of H-pyrrole nitrogens is 6. The van der Waals surface area contributed by atoms with Crippen LogP contribution < -0.4 is 56.8 Å². The Hall–Kier alpha value is -5.21. The number of halogens is 2. The van der Waals surface area contributed by atoms with E-state index in [2.05, 4.69) is 76.1 Å². The molecule has 9 heterocycles. The van der Waals surface area contributed by atoms with Gasteiger partial charge in [0.2, 0.25) is 0 Å². The Morgan fingerprint density at radius 1 is 0.333 bits per heavy atom. The number of pyridine rings is 3. The summed E-state index contributed by atoms with van der Waals surface area (Å²) in [6.45, 7) is 8.30. The van der Waals surface area contributed by atoms with E-state index in [0.717, 1.165) is 68.3 Å². The molecule has 8 N–H and O–H groups in total. The molecule has 0 aliphatic heterocycles. The molecule has 0 aliphatic carbocycles. The average Bonchev–Trinajstić information content (AvgIpc) is 4.16. The van der Waals surface area contributed by atoms with E-state index >= 15 is 0 Å².